The summed E-state index contributed by atoms with van der Waals surface area (Å²) in [5.74, 6) is 1.47. The van der Waals surface area contributed by atoms with Crippen LogP contribution in [0.4, 0.5) is 0 Å². The van der Waals surface area contributed by atoms with Crippen molar-refractivity contribution in [1.29, 1.82) is 0 Å². The van der Waals surface area contributed by atoms with Gasteiger partial charge in [-0.3, -0.25) is 4.68 Å². The maximum absolute atomic E-state index is 12.5. The zero-order chi connectivity index (χ0) is 17.9. The molecule has 0 amide bonds. The molecule has 0 saturated heterocycles. The minimum Gasteiger partial charge on any atom is -0.486 e. The van der Waals surface area contributed by atoms with Crippen LogP contribution in [0.15, 0.2) is 35.5 Å². The molecule has 1 aliphatic carbocycles. The molecule has 1 fully saturated rings. The van der Waals surface area contributed by atoms with E-state index in [1.807, 2.05) is 0 Å². The van der Waals surface area contributed by atoms with Gasteiger partial charge in [-0.25, -0.2) is 18.1 Å². The van der Waals surface area contributed by atoms with Crippen molar-refractivity contribution in [2.24, 2.45) is 18.7 Å². The second-order valence-corrected chi connectivity index (χ2v) is 7.93. The van der Waals surface area contributed by atoms with Gasteiger partial charge >= 0.3 is 0 Å². The van der Waals surface area contributed by atoms with Crippen molar-refractivity contribution < 1.29 is 13.2 Å². The van der Waals surface area contributed by atoms with Crippen molar-refractivity contribution in [1.82, 2.24) is 19.5 Å². The molecule has 0 bridgehead atoms. The molecular weight excluding hydrogens is 342 g/mol. The number of hydrogen-bond acceptors (Lipinski definition) is 6. The summed E-state index contributed by atoms with van der Waals surface area (Å²) in [5, 5.41) is 3.97. The maximum atomic E-state index is 12.5. The Kier molecular flexibility index (Phi) is 5.36. The molecule has 136 valence electrons. The third-order valence-corrected chi connectivity index (χ3v) is 6.08. The van der Waals surface area contributed by atoms with Gasteiger partial charge < -0.3 is 10.5 Å². The third kappa shape index (κ3) is 4.17. The van der Waals surface area contributed by atoms with Gasteiger partial charge in [0, 0.05) is 13.1 Å². The first-order chi connectivity index (χ1) is 12.0. The molecule has 1 aliphatic rings. The Morgan fingerprint density at radius 1 is 1.32 bits per heavy atom. The third-order valence-electron chi connectivity index (χ3n) is 4.58. The lowest BCUT2D eigenvalue weighted by Crippen LogP contribution is -2.39. The molecule has 2 aromatic rings. The van der Waals surface area contributed by atoms with Crippen LogP contribution in [0.5, 0.6) is 5.75 Å². The van der Waals surface area contributed by atoms with Crippen LogP contribution in [0.2, 0.25) is 0 Å². The number of ether oxygens (including phenoxy) is 1. The van der Waals surface area contributed by atoms with Gasteiger partial charge in [-0.05, 0) is 49.6 Å². The van der Waals surface area contributed by atoms with E-state index in [4.69, 9.17) is 10.5 Å². The molecule has 9 heteroatoms. The molecule has 0 spiro atoms. The fraction of sp³-hybridized carbons (Fsp3) is 0.500. The van der Waals surface area contributed by atoms with Crippen molar-refractivity contribution in [2.45, 2.75) is 36.8 Å². The van der Waals surface area contributed by atoms with Crippen LogP contribution in [-0.2, 0) is 23.7 Å². The Morgan fingerprint density at radius 2 is 2.08 bits per heavy atom. The van der Waals surface area contributed by atoms with Gasteiger partial charge in [-0.15, -0.1) is 0 Å². The predicted molar refractivity (Wildman–Crippen MR) is 92.3 cm³/mol. The van der Waals surface area contributed by atoms with Gasteiger partial charge in [0.2, 0.25) is 10.0 Å². The molecule has 0 aliphatic heterocycles. The number of nitrogens with one attached hydrogen (secondary N) is 1. The van der Waals surface area contributed by atoms with Gasteiger partial charge in [0.1, 0.15) is 18.7 Å². The Bertz CT molecular complexity index is 803. The van der Waals surface area contributed by atoms with E-state index in [9.17, 15) is 8.42 Å². The number of hydrogen-bond donors (Lipinski definition) is 2. The van der Waals surface area contributed by atoms with E-state index in [2.05, 4.69) is 14.8 Å². The van der Waals surface area contributed by atoms with Crippen molar-refractivity contribution in [3.8, 4) is 5.75 Å². The van der Waals surface area contributed by atoms with E-state index in [-0.39, 0.29) is 23.5 Å². The lowest BCUT2D eigenvalue weighted by atomic mass is 10.1. The Hall–Kier alpha value is -1.97. The highest BCUT2D eigenvalue weighted by molar-refractivity contribution is 7.89. The number of aryl methyl sites for hydroxylation is 1. The van der Waals surface area contributed by atoms with Crippen LogP contribution < -0.4 is 15.2 Å². The molecule has 25 heavy (non-hydrogen) atoms. The minimum atomic E-state index is -3.56. The number of benzene rings is 1. The van der Waals surface area contributed by atoms with Crippen LogP contribution in [-0.4, -0.2) is 35.8 Å². The van der Waals surface area contributed by atoms with E-state index in [0.29, 0.717) is 18.1 Å². The summed E-state index contributed by atoms with van der Waals surface area (Å²) in [7, 11) is -1.77. The zero-order valence-corrected chi connectivity index (χ0v) is 14.9. The lowest BCUT2D eigenvalue weighted by Gasteiger charge is -2.19. The molecule has 1 heterocycles. The summed E-state index contributed by atoms with van der Waals surface area (Å²) in [6.45, 7) is 0.767. The molecule has 1 aromatic carbocycles. The Morgan fingerprint density at radius 3 is 2.72 bits per heavy atom. The predicted octanol–water partition coefficient (Wildman–Crippen LogP) is 0.800. The van der Waals surface area contributed by atoms with Gasteiger partial charge in [0.15, 0.2) is 5.82 Å². The average Bonchev–Trinajstić information content (AvgIpc) is 3.21. The number of nitrogens with zero attached hydrogens (tertiary/aromatic N) is 3. The van der Waals surface area contributed by atoms with Crippen molar-refractivity contribution >= 4 is 10.0 Å². The summed E-state index contributed by atoms with van der Waals surface area (Å²) < 4.78 is 35.1. The topological polar surface area (TPSA) is 112 Å². The van der Waals surface area contributed by atoms with E-state index < -0.39 is 10.0 Å². The smallest absolute Gasteiger partial charge is 0.240 e. The first kappa shape index (κ1) is 17.8. The molecule has 1 saturated carbocycles. The summed E-state index contributed by atoms with van der Waals surface area (Å²) in [6, 6.07) is 6.28. The summed E-state index contributed by atoms with van der Waals surface area (Å²) >= 11 is 0. The standard InChI is InChI=1S/C16H23N5O3S/c1-21-16(18-11-19-21)10-24-13-5-7-14(8-6-13)25(22,23)20-15-4-2-3-12(15)9-17/h5-8,11-12,15,20H,2-4,9-10,17H2,1H3/t12-,15-/m0/s1. The fourth-order valence-corrected chi connectivity index (χ4v) is 4.39. The molecule has 0 radical (unpaired) electrons. The first-order valence-corrected chi connectivity index (χ1v) is 9.76. The van der Waals surface area contributed by atoms with Gasteiger partial charge in [0.25, 0.3) is 0 Å². The Labute approximate surface area is 147 Å². The van der Waals surface area contributed by atoms with Crippen LogP contribution in [0, 0.1) is 5.92 Å². The van der Waals surface area contributed by atoms with E-state index >= 15 is 0 Å². The minimum absolute atomic E-state index is 0.0816. The summed E-state index contributed by atoms with van der Waals surface area (Å²) in [5.41, 5.74) is 5.72. The largest absolute Gasteiger partial charge is 0.486 e. The van der Waals surface area contributed by atoms with Gasteiger partial charge in [-0.2, -0.15) is 5.10 Å². The normalized spacial score (nSPS) is 20.7. The zero-order valence-electron chi connectivity index (χ0n) is 14.1. The molecule has 8 nitrogen and oxygen atoms in total. The number of rotatable bonds is 7. The lowest BCUT2D eigenvalue weighted by molar-refractivity contribution is 0.289. The number of sulfonamides is 1. The number of aromatic nitrogens is 3. The van der Waals surface area contributed by atoms with Crippen LogP contribution in [0.3, 0.4) is 0 Å². The average molecular weight is 365 g/mol. The van der Waals surface area contributed by atoms with Crippen LogP contribution >= 0.6 is 0 Å². The Balaban J connectivity index is 1.63. The van der Waals surface area contributed by atoms with Gasteiger partial charge in [0.05, 0.1) is 4.90 Å². The van der Waals surface area contributed by atoms with Gasteiger partial charge in [-0.1, -0.05) is 6.42 Å². The molecule has 3 N–H and O–H groups in total. The SMILES string of the molecule is Cn1ncnc1COc1ccc(S(=O)(=O)N[C@H]2CCC[C@H]2CN)cc1. The van der Waals surface area contributed by atoms with E-state index in [1.54, 1.807) is 36.0 Å². The van der Waals surface area contributed by atoms with Crippen LogP contribution in [0.1, 0.15) is 25.1 Å². The van der Waals surface area contributed by atoms with Crippen molar-refractivity contribution in [2.75, 3.05) is 6.54 Å². The number of nitrogens with two attached hydrogens (primary N) is 1. The molecular formula is C16H23N5O3S. The molecule has 3 rings (SSSR count). The highest BCUT2D eigenvalue weighted by Gasteiger charge is 2.30. The summed E-state index contributed by atoms with van der Waals surface area (Å²) in [4.78, 5) is 4.29. The van der Waals surface area contributed by atoms with Crippen molar-refractivity contribution in [3.63, 3.8) is 0 Å². The second-order valence-electron chi connectivity index (χ2n) is 6.21. The first-order valence-electron chi connectivity index (χ1n) is 8.28. The highest BCUT2D eigenvalue weighted by atomic mass is 32.2. The quantitative estimate of drug-likeness (QED) is 0.750. The van der Waals surface area contributed by atoms with E-state index in [0.717, 1.165) is 19.3 Å². The second kappa shape index (κ2) is 7.51. The van der Waals surface area contributed by atoms with Crippen LogP contribution in [0.25, 0.3) is 0 Å². The fourth-order valence-electron chi connectivity index (χ4n) is 3.06. The molecule has 2 atom stereocenters. The molecule has 0 unspecified atom stereocenters. The van der Waals surface area contributed by atoms with Crippen molar-refractivity contribution in [3.05, 3.63) is 36.4 Å². The summed E-state index contributed by atoms with van der Waals surface area (Å²) in [6.07, 6.45) is 4.26. The highest BCUT2D eigenvalue weighted by Crippen LogP contribution is 2.26. The molecule has 1 aromatic heterocycles. The monoisotopic (exact) mass is 365 g/mol. The maximum Gasteiger partial charge on any atom is 0.240 e. The van der Waals surface area contributed by atoms with E-state index in [1.165, 1.54) is 6.33 Å².